The molecule has 6 heteroatoms. The summed E-state index contributed by atoms with van der Waals surface area (Å²) >= 11 is 5.80. The lowest BCUT2D eigenvalue weighted by molar-refractivity contribution is 0.338. The third-order valence-electron chi connectivity index (χ3n) is 3.36. The minimum absolute atomic E-state index is 0.0608. The normalized spacial score (nSPS) is 13.5. The summed E-state index contributed by atoms with van der Waals surface area (Å²) in [4.78, 5) is 0.181. The van der Waals surface area contributed by atoms with Crippen molar-refractivity contribution in [1.82, 2.24) is 4.31 Å². The van der Waals surface area contributed by atoms with E-state index < -0.39 is 10.0 Å². The molecule has 114 valence electrons. The zero-order chi connectivity index (χ0) is 15.3. The van der Waals surface area contributed by atoms with Gasteiger partial charge in [-0.1, -0.05) is 19.9 Å². The van der Waals surface area contributed by atoms with E-state index in [0.29, 0.717) is 12.3 Å². The predicted octanol–water partition coefficient (Wildman–Crippen LogP) is 3.24. The number of hydrogen-bond acceptors (Lipinski definition) is 3. The molecule has 0 aliphatic heterocycles. The van der Waals surface area contributed by atoms with Crippen LogP contribution in [0.25, 0.3) is 0 Å². The molecule has 0 N–H and O–H groups in total. The van der Waals surface area contributed by atoms with Crippen LogP contribution in [0.1, 0.15) is 32.8 Å². The van der Waals surface area contributed by atoms with Gasteiger partial charge < -0.3 is 4.74 Å². The number of sulfonamides is 1. The second-order valence-corrected chi connectivity index (χ2v) is 6.71. The second-order valence-electron chi connectivity index (χ2n) is 4.58. The SMILES string of the molecule is CCC(C)N(CC)S(=O)(=O)c1cc(CCl)ccc1OC. The van der Waals surface area contributed by atoms with E-state index in [2.05, 4.69) is 0 Å². The molecule has 0 aliphatic carbocycles. The van der Waals surface area contributed by atoms with Gasteiger partial charge in [-0.3, -0.25) is 0 Å². The molecule has 0 aliphatic rings. The first-order chi connectivity index (χ1) is 9.42. The first-order valence-electron chi connectivity index (χ1n) is 6.67. The summed E-state index contributed by atoms with van der Waals surface area (Å²) in [6, 6.07) is 4.94. The molecular weight excluding hydrogens is 298 g/mol. The van der Waals surface area contributed by atoms with Crippen molar-refractivity contribution in [2.24, 2.45) is 0 Å². The highest BCUT2D eigenvalue weighted by molar-refractivity contribution is 7.89. The quantitative estimate of drug-likeness (QED) is 0.725. The van der Waals surface area contributed by atoms with E-state index in [-0.39, 0.29) is 16.8 Å². The molecule has 1 unspecified atom stereocenters. The number of rotatable bonds is 7. The Kier molecular flexibility index (Phi) is 6.30. The Bertz CT molecular complexity index is 545. The molecule has 0 amide bonds. The van der Waals surface area contributed by atoms with Gasteiger partial charge in [0.1, 0.15) is 10.6 Å². The standard InChI is InChI=1S/C14H22ClNO3S/c1-5-11(3)16(6-2)20(17,18)14-9-12(10-15)7-8-13(14)19-4/h7-9,11H,5-6,10H2,1-4H3. The van der Waals surface area contributed by atoms with E-state index in [0.717, 1.165) is 12.0 Å². The Morgan fingerprint density at radius 3 is 2.45 bits per heavy atom. The fourth-order valence-electron chi connectivity index (χ4n) is 2.05. The smallest absolute Gasteiger partial charge is 0.246 e. The van der Waals surface area contributed by atoms with E-state index in [4.69, 9.17) is 16.3 Å². The zero-order valence-corrected chi connectivity index (χ0v) is 14.0. The molecule has 1 atom stereocenters. The first-order valence-corrected chi connectivity index (χ1v) is 8.64. The topological polar surface area (TPSA) is 46.6 Å². The van der Waals surface area contributed by atoms with E-state index in [9.17, 15) is 8.42 Å². The van der Waals surface area contributed by atoms with Crippen molar-refractivity contribution >= 4 is 21.6 Å². The van der Waals surface area contributed by atoms with Gasteiger partial charge in [-0.05, 0) is 31.0 Å². The van der Waals surface area contributed by atoms with Gasteiger partial charge in [0, 0.05) is 18.5 Å². The highest BCUT2D eigenvalue weighted by atomic mass is 35.5. The van der Waals surface area contributed by atoms with Crippen LogP contribution in [-0.2, 0) is 15.9 Å². The predicted molar refractivity (Wildman–Crippen MR) is 81.9 cm³/mol. The van der Waals surface area contributed by atoms with E-state index in [1.54, 1.807) is 18.2 Å². The third-order valence-corrected chi connectivity index (χ3v) is 5.78. The number of ether oxygens (including phenoxy) is 1. The molecule has 1 aromatic carbocycles. The zero-order valence-electron chi connectivity index (χ0n) is 12.4. The average Bonchev–Trinajstić information content (AvgIpc) is 2.46. The summed E-state index contributed by atoms with van der Waals surface area (Å²) in [7, 11) is -2.12. The van der Waals surface area contributed by atoms with Crippen LogP contribution in [0, 0.1) is 0 Å². The molecule has 0 saturated heterocycles. The van der Waals surface area contributed by atoms with Gasteiger partial charge in [0.15, 0.2) is 0 Å². The van der Waals surface area contributed by atoms with Crippen LogP contribution in [0.15, 0.2) is 23.1 Å². The van der Waals surface area contributed by atoms with Crippen molar-refractivity contribution in [3.8, 4) is 5.75 Å². The molecule has 1 rings (SSSR count). The molecule has 0 aromatic heterocycles. The maximum absolute atomic E-state index is 12.8. The molecule has 0 bridgehead atoms. The van der Waals surface area contributed by atoms with Gasteiger partial charge in [-0.25, -0.2) is 8.42 Å². The van der Waals surface area contributed by atoms with Crippen molar-refractivity contribution in [1.29, 1.82) is 0 Å². The Balaban J connectivity index is 3.39. The molecule has 0 saturated carbocycles. The lowest BCUT2D eigenvalue weighted by Crippen LogP contribution is -2.38. The number of halogens is 1. The van der Waals surface area contributed by atoms with Gasteiger partial charge in [0.2, 0.25) is 10.0 Å². The Labute approximate surface area is 126 Å². The number of methoxy groups -OCH3 is 1. The molecule has 20 heavy (non-hydrogen) atoms. The van der Waals surface area contributed by atoms with Gasteiger partial charge in [-0.2, -0.15) is 4.31 Å². The molecule has 0 spiro atoms. The summed E-state index contributed by atoms with van der Waals surface area (Å²) in [6.45, 7) is 6.13. The van der Waals surface area contributed by atoms with Crippen LogP contribution in [-0.4, -0.2) is 32.4 Å². The average molecular weight is 320 g/mol. The molecule has 1 aromatic rings. The summed E-state index contributed by atoms with van der Waals surface area (Å²) in [5.74, 6) is 0.614. The largest absolute Gasteiger partial charge is 0.495 e. The highest BCUT2D eigenvalue weighted by Crippen LogP contribution is 2.29. The number of nitrogens with zero attached hydrogens (tertiary/aromatic N) is 1. The van der Waals surface area contributed by atoms with Gasteiger partial charge in [0.05, 0.1) is 7.11 Å². The van der Waals surface area contributed by atoms with Gasteiger partial charge in [0.25, 0.3) is 0 Å². The van der Waals surface area contributed by atoms with Crippen LogP contribution in [0.4, 0.5) is 0 Å². The minimum Gasteiger partial charge on any atom is -0.495 e. The summed E-state index contributed by atoms with van der Waals surface area (Å²) in [6.07, 6.45) is 0.755. The van der Waals surface area contributed by atoms with Crippen LogP contribution in [0.3, 0.4) is 0 Å². The number of alkyl halides is 1. The highest BCUT2D eigenvalue weighted by Gasteiger charge is 2.29. The Morgan fingerprint density at radius 2 is 2.00 bits per heavy atom. The summed E-state index contributed by atoms with van der Waals surface area (Å²) in [5, 5.41) is 0. The van der Waals surface area contributed by atoms with Crippen LogP contribution in [0.5, 0.6) is 5.75 Å². The third kappa shape index (κ3) is 3.45. The summed E-state index contributed by atoms with van der Waals surface area (Å²) < 4.78 is 32.3. The van der Waals surface area contributed by atoms with Crippen LogP contribution in [0.2, 0.25) is 0 Å². The maximum Gasteiger partial charge on any atom is 0.246 e. The van der Waals surface area contributed by atoms with E-state index in [1.807, 2.05) is 20.8 Å². The Morgan fingerprint density at radius 1 is 1.35 bits per heavy atom. The van der Waals surface area contributed by atoms with Crippen molar-refractivity contribution in [2.75, 3.05) is 13.7 Å². The van der Waals surface area contributed by atoms with Crippen molar-refractivity contribution in [3.63, 3.8) is 0 Å². The van der Waals surface area contributed by atoms with Gasteiger partial charge in [-0.15, -0.1) is 11.6 Å². The molecule has 0 radical (unpaired) electrons. The van der Waals surface area contributed by atoms with Crippen molar-refractivity contribution in [3.05, 3.63) is 23.8 Å². The lowest BCUT2D eigenvalue weighted by atomic mass is 10.2. The van der Waals surface area contributed by atoms with Gasteiger partial charge >= 0.3 is 0 Å². The molecule has 4 nitrogen and oxygen atoms in total. The number of hydrogen-bond donors (Lipinski definition) is 0. The fourth-order valence-corrected chi connectivity index (χ4v) is 4.14. The monoisotopic (exact) mass is 319 g/mol. The fraction of sp³-hybridized carbons (Fsp3) is 0.571. The first kappa shape index (κ1) is 17.3. The molecular formula is C14H22ClNO3S. The molecule has 0 fully saturated rings. The maximum atomic E-state index is 12.8. The van der Waals surface area contributed by atoms with Crippen molar-refractivity contribution < 1.29 is 13.2 Å². The second kappa shape index (κ2) is 7.29. The van der Waals surface area contributed by atoms with E-state index in [1.165, 1.54) is 11.4 Å². The molecule has 0 heterocycles. The Hall–Kier alpha value is -0.780. The minimum atomic E-state index is -3.59. The summed E-state index contributed by atoms with van der Waals surface area (Å²) in [5.41, 5.74) is 0.756. The van der Waals surface area contributed by atoms with E-state index >= 15 is 0 Å². The van der Waals surface area contributed by atoms with Crippen LogP contribution < -0.4 is 4.74 Å². The van der Waals surface area contributed by atoms with Crippen LogP contribution >= 0.6 is 11.6 Å². The number of benzene rings is 1. The lowest BCUT2D eigenvalue weighted by Gasteiger charge is -2.27. The van der Waals surface area contributed by atoms with Crippen molar-refractivity contribution in [2.45, 2.75) is 44.0 Å².